The molecule has 2 aliphatic rings. The van der Waals surface area contributed by atoms with Gasteiger partial charge in [0.2, 0.25) is 0 Å². The molecule has 2 amide bonds. The van der Waals surface area contributed by atoms with Crippen molar-refractivity contribution >= 4 is 29.3 Å². The van der Waals surface area contributed by atoms with Crippen LogP contribution in [0.4, 0.5) is 20.6 Å². The number of hydrogen-bond donors (Lipinski definition) is 4. The molecule has 11 heteroatoms. The van der Waals surface area contributed by atoms with Gasteiger partial charge in [-0.15, -0.1) is 0 Å². The van der Waals surface area contributed by atoms with E-state index < -0.39 is 41.0 Å². The lowest BCUT2D eigenvalue weighted by molar-refractivity contribution is -0.158. The average molecular weight is 522 g/mol. The summed E-state index contributed by atoms with van der Waals surface area (Å²) in [7, 11) is 0. The van der Waals surface area contributed by atoms with Crippen molar-refractivity contribution in [3.8, 4) is 0 Å². The Kier molecular flexibility index (Phi) is 8.56. The lowest BCUT2D eigenvalue weighted by Crippen LogP contribution is -2.49. The second-order valence-corrected chi connectivity index (χ2v) is 11.8. The number of hydrogen-bond acceptors (Lipinski definition) is 8. The van der Waals surface area contributed by atoms with Crippen molar-refractivity contribution in [2.45, 2.75) is 90.5 Å². The third-order valence-corrected chi connectivity index (χ3v) is 5.93. The van der Waals surface area contributed by atoms with Crippen LogP contribution in [-0.2, 0) is 14.3 Å². The van der Waals surface area contributed by atoms with Crippen LogP contribution in [-0.4, -0.2) is 54.3 Å². The van der Waals surface area contributed by atoms with Gasteiger partial charge >= 0.3 is 12.1 Å². The fraction of sp³-hybridized carbons (Fsp3) is 0.654. The minimum atomic E-state index is -0.824. The van der Waals surface area contributed by atoms with E-state index >= 15 is 4.39 Å². The van der Waals surface area contributed by atoms with Gasteiger partial charge in [-0.25, -0.2) is 14.6 Å². The normalized spacial score (nSPS) is 19.0. The summed E-state index contributed by atoms with van der Waals surface area (Å²) in [6, 6.07) is 2.14. The molecular formula is C26H40FN5O5. The first kappa shape index (κ1) is 28.5. The predicted octanol–water partition coefficient (Wildman–Crippen LogP) is 3.45. The number of esters is 1. The van der Waals surface area contributed by atoms with E-state index in [-0.39, 0.29) is 17.5 Å². The molecule has 1 saturated heterocycles. The number of hydrazine groups is 1. The number of ether oxygens (including phenoxy) is 2. The Morgan fingerprint density at radius 3 is 2.27 bits per heavy atom. The number of benzene rings is 1. The number of nitrogens with zero attached hydrogens (tertiary/aromatic N) is 1. The maximum atomic E-state index is 15.4. The highest BCUT2D eigenvalue weighted by Gasteiger charge is 2.34. The number of halogens is 1. The van der Waals surface area contributed by atoms with E-state index in [2.05, 4.69) is 16.2 Å². The van der Waals surface area contributed by atoms with E-state index in [4.69, 9.17) is 15.2 Å². The molecule has 5 N–H and O–H groups in total. The maximum absolute atomic E-state index is 15.4. The molecular weight excluding hydrogens is 481 g/mol. The zero-order valence-electron chi connectivity index (χ0n) is 22.6. The molecule has 0 bridgehead atoms. The molecule has 0 spiro atoms. The van der Waals surface area contributed by atoms with Crippen molar-refractivity contribution in [3.63, 3.8) is 0 Å². The van der Waals surface area contributed by atoms with Crippen molar-refractivity contribution in [1.82, 2.24) is 10.9 Å². The van der Waals surface area contributed by atoms with Gasteiger partial charge in [-0.1, -0.05) is 0 Å². The largest absolute Gasteiger partial charge is 0.459 e. The van der Waals surface area contributed by atoms with Crippen molar-refractivity contribution in [2.24, 2.45) is 11.7 Å². The van der Waals surface area contributed by atoms with Crippen molar-refractivity contribution in [3.05, 3.63) is 23.5 Å². The standard InChI is InChI=1S/C26H40FN5O5/c1-25(2,3)36-23(34)21(28)15-8-7-11-32(14-15)20-13-19(29-16-9-10-16)17(12-18(20)27)22(33)30-31-24(35)37-26(4,5)6/h12-13,15-16,21,29H,7-11,14,28H2,1-6H3,(H,30,33)(H,31,35). The van der Waals surface area contributed by atoms with Gasteiger partial charge in [0.1, 0.15) is 23.1 Å². The fourth-order valence-corrected chi connectivity index (χ4v) is 4.12. The lowest BCUT2D eigenvalue weighted by atomic mass is 9.90. The summed E-state index contributed by atoms with van der Waals surface area (Å²) in [5.41, 5.74) is 10.2. The Labute approximate surface area is 217 Å². The van der Waals surface area contributed by atoms with Crippen LogP contribution < -0.4 is 26.8 Å². The average Bonchev–Trinajstić information content (AvgIpc) is 3.59. The molecule has 0 radical (unpaired) electrons. The Morgan fingerprint density at radius 1 is 1.03 bits per heavy atom. The number of carbonyl (C=O) groups excluding carboxylic acids is 3. The molecule has 1 heterocycles. The van der Waals surface area contributed by atoms with Crippen molar-refractivity contribution < 1.29 is 28.2 Å². The third-order valence-electron chi connectivity index (χ3n) is 5.93. The number of anilines is 2. The number of piperidine rings is 1. The van der Waals surface area contributed by atoms with Gasteiger partial charge in [-0.3, -0.25) is 15.0 Å². The molecule has 10 nitrogen and oxygen atoms in total. The van der Waals surface area contributed by atoms with Gasteiger partial charge < -0.3 is 25.4 Å². The van der Waals surface area contributed by atoms with Crippen LogP contribution in [0.3, 0.4) is 0 Å². The van der Waals surface area contributed by atoms with E-state index in [1.54, 1.807) is 47.6 Å². The minimum absolute atomic E-state index is 0.0585. The van der Waals surface area contributed by atoms with Crippen LogP contribution in [0, 0.1) is 11.7 Å². The Morgan fingerprint density at radius 2 is 1.68 bits per heavy atom. The van der Waals surface area contributed by atoms with Gasteiger partial charge in [0.05, 0.1) is 11.3 Å². The van der Waals surface area contributed by atoms with Crippen LogP contribution in [0.2, 0.25) is 0 Å². The molecule has 1 saturated carbocycles. The molecule has 0 aromatic heterocycles. The minimum Gasteiger partial charge on any atom is -0.459 e. The van der Waals surface area contributed by atoms with Crippen LogP contribution in [0.5, 0.6) is 0 Å². The summed E-state index contributed by atoms with van der Waals surface area (Å²) in [5.74, 6) is -1.94. The van der Waals surface area contributed by atoms with Gasteiger partial charge in [-0.2, -0.15) is 0 Å². The van der Waals surface area contributed by atoms with E-state index in [9.17, 15) is 14.4 Å². The van der Waals surface area contributed by atoms with Crippen LogP contribution in [0.25, 0.3) is 0 Å². The SMILES string of the molecule is CC(C)(C)OC(=O)NNC(=O)c1cc(F)c(N2CCCC(C(N)C(=O)OC(C)(C)C)C2)cc1NC1CC1. The number of nitrogens with one attached hydrogen (secondary N) is 3. The van der Waals surface area contributed by atoms with Crippen molar-refractivity contribution in [1.29, 1.82) is 0 Å². The van der Waals surface area contributed by atoms with Gasteiger partial charge in [0, 0.05) is 30.7 Å². The molecule has 2 unspecified atom stereocenters. The summed E-state index contributed by atoms with van der Waals surface area (Å²) in [4.78, 5) is 39.1. The van der Waals surface area contributed by atoms with Crippen LogP contribution in [0.15, 0.2) is 12.1 Å². The number of nitrogens with two attached hydrogens (primary N) is 1. The maximum Gasteiger partial charge on any atom is 0.426 e. The first-order chi connectivity index (χ1) is 17.1. The first-order valence-electron chi connectivity index (χ1n) is 12.8. The second kappa shape index (κ2) is 11.1. The quantitative estimate of drug-likeness (QED) is 0.330. The van der Waals surface area contributed by atoms with Crippen LogP contribution >= 0.6 is 0 Å². The summed E-state index contributed by atoms with van der Waals surface area (Å²) in [6.07, 6.45) is 2.52. The van der Waals surface area contributed by atoms with Gasteiger partial charge in [-0.05, 0) is 79.4 Å². The van der Waals surface area contributed by atoms with Gasteiger partial charge in [0.25, 0.3) is 5.91 Å². The fourth-order valence-electron chi connectivity index (χ4n) is 4.12. The second-order valence-electron chi connectivity index (χ2n) is 11.8. The molecule has 37 heavy (non-hydrogen) atoms. The van der Waals surface area contributed by atoms with Gasteiger partial charge in [0.15, 0.2) is 0 Å². The zero-order valence-corrected chi connectivity index (χ0v) is 22.6. The van der Waals surface area contributed by atoms with E-state index in [0.717, 1.165) is 31.7 Å². The van der Waals surface area contributed by atoms with E-state index in [1.807, 2.05) is 4.90 Å². The third kappa shape index (κ3) is 8.48. The molecule has 1 aliphatic heterocycles. The molecule has 2 fully saturated rings. The predicted molar refractivity (Wildman–Crippen MR) is 139 cm³/mol. The van der Waals surface area contributed by atoms with E-state index in [1.165, 1.54) is 0 Å². The highest BCUT2D eigenvalue weighted by molar-refractivity contribution is 6.01. The summed E-state index contributed by atoms with van der Waals surface area (Å²) in [6.45, 7) is 11.4. The molecule has 1 aromatic rings. The summed E-state index contributed by atoms with van der Waals surface area (Å²) >= 11 is 0. The molecule has 2 atom stereocenters. The molecule has 206 valence electrons. The first-order valence-corrected chi connectivity index (χ1v) is 12.8. The molecule has 3 rings (SSSR count). The Hall–Kier alpha value is -3.08. The summed E-state index contributed by atoms with van der Waals surface area (Å²) in [5, 5.41) is 3.28. The zero-order chi connectivity index (χ0) is 27.5. The highest BCUT2D eigenvalue weighted by atomic mass is 19.1. The van der Waals surface area contributed by atoms with Crippen molar-refractivity contribution in [2.75, 3.05) is 23.3 Å². The molecule has 1 aliphatic carbocycles. The molecule has 1 aromatic carbocycles. The number of rotatable bonds is 6. The van der Waals surface area contributed by atoms with E-state index in [0.29, 0.717) is 24.5 Å². The number of amides is 2. The Bertz CT molecular complexity index is 1020. The highest BCUT2D eigenvalue weighted by Crippen LogP contribution is 2.34. The Balaban J connectivity index is 1.76. The smallest absolute Gasteiger partial charge is 0.426 e. The lowest BCUT2D eigenvalue weighted by Gasteiger charge is -2.37. The summed E-state index contributed by atoms with van der Waals surface area (Å²) < 4.78 is 25.9. The monoisotopic (exact) mass is 521 g/mol. The van der Waals surface area contributed by atoms with Crippen LogP contribution in [0.1, 0.15) is 77.6 Å². The number of carbonyl (C=O) groups is 3. The topological polar surface area (TPSA) is 135 Å².